The number of H-pyrrole nitrogens is 1. The van der Waals surface area contributed by atoms with E-state index in [2.05, 4.69) is 20.3 Å². The Morgan fingerprint density at radius 3 is 2.71 bits per heavy atom. The van der Waals surface area contributed by atoms with Crippen LogP contribution >= 0.6 is 0 Å². The van der Waals surface area contributed by atoms with E-state index in [0.717, 1.165) is 34.3 Å². The minimum Gasteiger partial charge on any atom is -0.483 e. The van der Waals surface area contributed by atoms with E-state index < -0.39 is 0 Å². The van der Waals surface area contributed by atoms with Crippen LogP contribution in [0.5, 0.6) is 0 Å². The van der Waals surface area contributed by atoms with Crippen molar-refractivity contribution in [2.45, 2.75) is 38.1 Å². The van der Waals surface area contributed by atoms with Crippen LogP contribution in [0.4, 0.5) is 10.2 Å². The van der Waals surface area contributed by atoms with Gasteiger partial charge in [0.1, 0.15) is 17.3 Å². The molecule has 3 aromatic heterocycles. The number of pyridine rings is 1. The molecule has 2 bridgehead atoms. The highest BCUT2D eigenvalue weighted by Crippen LogP contribution is 2.42. The summed E-state index contributed by atoms with van der Waals surface area (Å²) in [5, 5.41) is 11.2. The van der Waals surface area contributed by atoms with E-state index in [1.165, 1.54) is 44.4 Å². The highest BCUT2D eigenvalue weighted by molar-refractivity contribution is 5.92. The third-order valence-electron chi connectivity index (χ3n) is 5.79. The number of anilines is 1. The van der Waals surface area contributed by atoms with Crippen LogP contribution in [-0.4, -0.2) is 37.6 Å². The Bertz CT molecular complexity index is 968. The molecule has 7 nitrogen and oxygen atoms in total. The van der Waals surface area contributed by atoms with E-state index in [1.54, 1.807) is 12.4 Å². The van der Waals surface area contributed by atoms with Crippen LogP contribution in [0.2, 0.25) is 0 Å². The quantitative estimate of drug-likeness (QED) is 0.594. The fraction of sp³-hybridized carbons (Fsp3) is 0.400. The van der Waals surface area contributed by atoms with E-state index in [9.17, 15) is 4.39 Å². The van der Waals surface area contributed by atoms with Gasteiger partial charge >= 0.3 is 0 Å². The molecule has 3 aromatic rings. The molecule has 0 amide bonds. The number of aromatic nitrogens is 4. The summed E-state index contributed by atoms with van der Waals surface area (Å²) in [7, 11) is 0. The van der Waals surface area contributed by atoms with Gasteiger partial charge in [-0.1, -0.05) is 12.8 Å². The Morgan fingerprint density at radius 2 is 2.00 bits per heavy atom. The van der Waals surface area contributed by atoms with Crippen molar-refractivity contribution in [3.05, 3.63) is 36.7 Å². The average Bonchev–Trinajstić information content (AvgIpc) is 3.13. The van der Waals surface area contributed by atoms with Gasteiger partial charge in [0.25, 0.3) is 6.47 Å². The van der Waals surface area contributed by atoms with Gasteiger partial charge in [0.15, 0.2) is 0 Å². The largest absolute Gasteiger partial charge is 0.483 e. The van der Waals surface area contributed by atoms with Crippen LogP contribution in [0.15, 0.2) is 30.9 Å². The molecule has 0 radical (unpaired) electrons. The van der Waals surface area contributed by atoms with Gasteiger partial charge in [-0.05, 0) is 37.2 Å². The van der Waals surface area contributed by atoms with Gasteiger partial charge in [0, 0.05) is 23.2 Å². The maximum atomic E-state index is 13.6. The van der Waals surface area contributed by atoms with Gasteiger partial charge in [0.2, 0.25) is 0 Å². The molecule has 146 valence electrons. The van der Waals surface area contributed by atoms with E-state index in [4.69, 9.17) is 14.9 Å². The number of hydrogen-bond acceptors (Lipinski definition) is 5. The van der Waals surface area contributed by atoms with Crippen molar-refractivity contribution in [2.75, 3.05) is 5.32 Å². The summed E-state index contributed by atoms with van der Waals surface area (Å²) in [6.45, 7) is -0.250. The summed E-state index contributed by atoms with van der Waals surface area (Å²) in [6, 6.07) is 1.98. The van der Waals surface area contributed by atoms with Crippen molar-refractivity contribution in [1.29, 1.82) is 0 Å². The van der Waals surface area contributed by atoms with Crippen molar-refractivity contribution >= 4 is 23.3 Å². The van der Waals surface area contributed by atoms with Crippen molar-refractivity contribution in [2.24, 2.45) is 11.8 Å². The number of carboxylic acid groups (broad SMARTS) is 1. The van der Waals surface area contributed by atoms with Crippen LogP contribution in [0.1, 0.15) is 32.1 Å². The zero-order valence-corrected chi connectivity index (χ0v) is 15.3. The van der Waals surface area contributed by atoms with Gasteiger partial charge in [-0.25, -0.2) is 14.4 Å². The summed E-state index contributed by atoms with van der Waals surface area (Å²) in [5.74, 6) is 2.06. The minimum absolute atomic E-state index is 0.250. The standard InChI is InChI=1S/C19H20FN5.CH2O2/c20-13-6-14-15(8-23-19(14)22-7-13)17-9-21-10-18(25-17)24-16-5-11-1-3-12(16)4-2-11;2-1-3/h6-12,16H,1-5H2,(H,22,23)(H,24,25);1H,(H,2,3). The lowest BCUT2D eigenvalue weighted by atomic mass is 9.68. The number of halogens is 1. The van der Waals surface area contributed by atoms with Crippen LogP contribution in [-0.2, 0) is 4.79 Å². The first kappa shape index (κ1) is 18.3. The lowest BCUT2D eigenvalue weighted by molar-refractivity contribution is -0.122. The number of aromatic amines is 1. The number of nitrogens with zero attached hydrogens (tertiary/aromatic N) is 3. The smallest absolute Gasteiger partial charge is 0.290 e. The Kier molecular flexibility index (Phi) is 5.18. The zero-order chi connectivity index (χ0) is 19.5. The molecule has 3 aliphatic rings. The fourth-order valence-corrected chi connectivity index (χ4v) is 4.50. The monoisotopic (exact) mass is 383 g/mol. The average molecular weight is 383 g/mol. The second-order valence-corrected chi connectivity index (χ2v) is 7.41. The highest BCUT2D eigenvalue weighted by Gasteiger charge is 2.35. The minimum atomic E-state index is -0.353. The predicted octanol–water partition coefficient (Wildman–Crippen LogP) is 3.85. The molecule has 3 N–H and O–H groups in total. The van der Waals surface area contributed by atoms with Crippen LogP contribution < -0.4 is 5.32 Å². The Morgan fingerprint density at radius 1 is 1.21 bits per heavy atom. The number of rotatable bonds is 3. The third-order valence-corrected chi connectivity index (χ3v) is 5.79. The Labute approximate surface area is 161 Å². The molecule has 1 atom stereocenters. The van der Waals surface area contributed by atoms with Gasteiger partial charge in [-0.15, -0.1) is 0 Å². The molecular weight excluding hydrogens is 361 g/mol. The van der Waals surface area contributed by atoms with E-state index >= 15 is 0 Å². The summed E-state index contributed by atoms with van der Waals surface area (Å²) in [4.78, 5) is 24.6. The molecule has 8 heteroatoms. The first-order valence-electron chi connectivity index (χ1n) is 9.47. The molecule has 28 heavy (non-hydrogen) atoms. The van der Waals surface area contributed by atoms with Crippen LogP contribution in [0.25, 0.3) is 22.3 Å². The second kappa shape index (κ2) is 7.92. The molecule has 6 rings (SSSR count). The molecule has 3 aliphatic carbocycles. The first-order chi connectivity index (χ1) is 13.7. The zero-order valence-electron chi connectivity index (χ0n) is 15.3. The van der Waals surface area contributed by atoms with Gasteiger partial charge in [-0.2, -0.15) is 0 Å². The molecule has 0 spiro atoms. The summed E-state index contributed by atoms with van der Waals surface area (Å²) in [6.07, 6.45) is 13.2. The number of fused-ring (bicyclic) bond motifs is 4. The molecule has 3 fully saturated rings. The van der Waals surface area contributed by atoms with Gasteiger partial charge < -0.3 is 15.4 Å². The number of nitrogens with one attached hydrogen (secondary N) is 2. The number of carbonyl (C=O) groups is 1. The summed E-state index contributed by atoms with van der Waals surface area (Å²) >= 11 is 0. The molecule has 3 saturated carbocycles. The van der Waals surface area contributed by atoms with Gasteiger partial charge in [-0.3, -0.25) is 9.78 Å². The predicted molar refractivity (Wildman–Crippen MR) is 103 cm³/mol. The summed E-state index contributed by atoms with van der Waals surface area (Å²) in [5.41, 5.74) is 2.20. The molecule has 0 aliphatic heterocycles. The Hall–Kier alpha value is -3.03. The van der Waals surface area contributed by atoms with Crippen molar-refractivity contribution in [1.82, 2.24) is 19.9 Å². The molecule has 0 aromatic carbocycles. The maximum absolute atomic E-state index is 13.6. The topological polar surface area (TPSA) is 104 Å². The Balaban J connectivity index is 0.000000604. The number of hydrogen-bond donors (Lipinski definition) is 3. The molecule has 0 saturated heterocycles. The second-order valence-electron chi connectivity index (χ2n) is 7.41. The van der Waals surface area contributed by atoms with Crippen LogP contribution in [0.3, 0.4) is 0 Å². The first-order valence-corrected chi connectivity index (χ1v) is 9.47. The van der Waals surface area contributed by atoms with E-state index in [-0.39, 0.29) is 12.3 Å². The van der Waals surface area contributed by atoms with Crippen molar-refractivity contribution < 1.29 is 14.3 Å². The SMILES string of the molecule is Fc1cnc2[nH]cc(-c3cncc(NC4CC5CCC4CC5)n3)c2c1.O=CO. The lowest BCUT2D eigenvalue weighted by Crippen LogP contribution is -2.40. The lowest BCUT2D eigenvalue weighted by Gasteiger charge is -2.42. The highest BCUT2D eigenvalue weighted by atomic mass is 19.1. The van der Waals surface area contributed by atoms with Crippen molar-refractivity contribution in [3.63, 3.8) is 0 Å². The molecule has 3 heterocycles. The maximum Gasteiger partial charge on any atom is 0.290 e. The van der Waals surface area contributed by atoms with E-state index in [1.807, 2.05) is 6.20 Å². The summed E-state index contributed by atoms with van der Waals surface area (Å²) < 4.78 is 13.6. The third kappa shape index (κ3) is 3.67. The van der Waals surface area contributed by atoms with E-state index in [0.29, 0.717) is 11.7 Å². The van der Waals surface area contributed by atoms with Gasteiger partial charge in [0.05, 0.1) is 24.3 Å². The molecular formula is C20H22FN5O2. The molecule has 1 unspecified atom stereocenters. The fourth-order valence-electron chi connectivity index (χ4n) is 4.50. The van der Waals surface area contributed by atoms with Crippen molar-refractivity contribution in [3.8, 4) is 11.3 Å². The normalized spacial score (nSPS) is 23.1. The van der Waals surface area contributed by atoms with Crippen LogP contribution in [0, 0.1) is 17.7 Å².